The van der Waals surface area contributed by atoms with E-state index in [1.807, 2.05) is 13.1 Å². The third-order valence-electron chi connectivity index (χ3n) is 1.24. The lowest BCUT2D eigenvalue weighted by atomic mass is 10.3. The summed E-state index contributed by atoms with van der Waals surface area (Å²) in [4.78, 5) is 7.32. The molecule has 0 spiro atoms. The summed E-state index contributed by atoms with van der Waals surface area (Å²) in [6, 6.07) is 0. The summed E-state index contributed by atoms with van der Waals surface area (Å²) in [6.45, 7) is 4.17. The van der Waals surface area contributed by atoms with E-state index >= 15 is 0 Å². The van der Waals surface area contributed by atoms with E-state index in [2.05, 4.69) is 16.9 Å². The molecule has 0 fully saturated rings. The van der Waals surface area contributed by atoms with Crippen molar-refractivity contribution in [3.63, 3.8) is 0 Å². The van der Waals surface area contributed by atoms with Gasteiger partial charge in [-0.25, -0.2) is 4.98 Å². The number of hydrogen-bond donors (Lipinski definition) is 1. The predicted octanol–water partition coefficient (Wildman–Crippen LogP) is 2.31. The molecule has 58 valence electrons. The van der Waals surface area contributed by atoms with Crippen LogP contribution in [-0.2, 0) is 6.42 Å². The van der Waals surface area contributed by atoms with Crippen LogP contribution >= 0.6 is 0 Å². The summed E-state index contributed by atoms with van der Waals surface area (Å²) < 4.78 is 0. The molecular weight excluding hydrogens is 124 g/mol. The van der Waals surface area contributed by atoms with Gasteiger partial charge in [-0.1, -0.05) is 14.4 Å². The molecule has 0 atom stereocenters. The Labute approximate surface area is 62.7 Å². The van der Waals surface area contributed by atoms with Crippen molar-refractivity contribution in [3.05, 3.63) is 17.7 Å². The minimum absolute atomic E-state index is 0. The van der Waals surface area contributed by atoms with Crippen LogP contribution in [0.3, 0.4) is 0 Å². The molecule has 0 aliphatic heterocycles. The molecule has 1 N–H and O–H groups in total. The third kappa shape index (κ3) is 2.21. The molecule has 1 rings (SSSR count). The summed E-state index contributed by atoms with van der Waals surface area (Å²) in [7, 11) is 0. The molecule has 0 aliphatic carbocycles. The molecule has 0 unspecified atom stereocenters. The molecule has 1 aromatic rings. The molecule has 0 aliphatic rings. The zero-order chi connectivity index (χ0) is 6.69. The zero-order valence-electron chi connectivity index (χ0n) is 5.94. The highest BCUT2D eigenvalue weighted by molar-refractivity contribution is 4.97. The fourth-order valence-electron chi connectivity index (χ4n) is 0.831. The molecular formula is C8H16N2. The van der Waals surface area contributed by atoms with E-state index in [4.69, 9.17) is 0 Å². The average Bonchev–Trinajstić information content (AvgIpc) is 2.17. The van der Waals surface area contributed by atoms with Crippen molar-refractivity contribution < 1.29 is 0 Å². The van der Waals surface area contributed by atoms with Crippen molar-refractivity contribution in [2.24, 2.45) is 0 Å². The molecule has 1 aromatic heterocycles. The summed E-state index contributed by atoms with van der Waals surface area (Å²) in [5.41, 5.74) is 1.15. The van der Waals surface area contributed by atoms with Crippen LogP contribution in [0, 0.1) is 6.92 Å². The minimum Gasteiger partial charge on any atom is -0.346 e. The molecule has 10 heavy (non-hydrogen) atoms. The first kappa shape index (κ1) is 9.21. The Hall–Kier alpha value is -0.790. The van der Waals surface area contributed by atoms with Gasteiger partial charge in [-0.05, 0) is 13.3 Å². The van der Waals surface area contributed by atoms with Crippen LogP contribution < -0.4 is 0 Å². The standard InChI is InChI=1S/C7H12N2.CH4/c1-3-4-7-8-5-6(2)9-7;/h5H,3-4H2,1-2H3,(H,8,9);1H4. The molecule has 2 heteroatoms. The summed E-state index contributed by atoms with van der Waals surface area (Å²) >= 11 is 0. The first-order chi connectivity index (χ1) is 4.33. The van der Waals surface area contributed by atoms with Crippen molar-refractivity contribution in [1.29, 1.82) is 0 Å². The third-order valence-corrected chi connectivity index (χ3v) is 1.24. The van der Waals surface area contributed by atoms with E-state index in [9.17, 15) is 0 Å². The van der Waals surface area contributed by atoms with Crippen molar-refractivity contribution in [2.75, 3.05) is 0 Å². The van der Waals surface area contributed by atoms with Gasteiger partial charge in [0.1, 0.15) is 5.82 Å². The second-order valence-electron chi connectivity index (χ2n) is 2.26. The largest absolute Gasteiger partial charge is 0.346 e. The highest BCUT2D eigenvalue weighted by Crippen LogP contribution is 1.96. The van der Waals surface area contributed by atoms with E-state index in [1.165, 1.54) is 0 Å². The normalized spacial score (nSPS) is 9.00. The number of aromatic nitrogens is 2. The molecule has 0 aromatic carbocycles. The SMILES string of the molecule is C.CCCc1ncc(C)[nH]1. The Morgan fingerprint density at radius 2 is 2.30 bits per heavy atom. The Bertz CT molecular complexity index is 179. The number of hydrogen-bond acceptors (Lipinski definition) is 1. The van der Waals surface area contributed by atoms with Crippen LogP contribution in [-0.4, -0.2) is 9.97 Å². The maximum Gasteiger partial charge on any atom is 0.106 e. The van der Waals surface area contributed by atoms with Crippen LogP contribution in [0.5, 0.6) is 0 Å². The summed E-state index contributed by atoms with van der Waals surface area (Å²) in [5.74, 6) is 1.11. The van der Waals surface area contributed by atoms with Crippen LogP contribution in [0.25, 0.3) is 0 Å². The summed E-state index contributed by atoms with van der Waals surface area (Å²) in [5, 5.41) is 0. The fourth-order valence-corrected chi connectivity index (χ4v) is 0.831. The second-order valence-corrected chi connectivity index (χ2v) is 2.26. The number of rotatable bonds is 2. The van der Waals surface area contributed by atoms with Gasteiger partial charge < -0.3 is 4.98 Å². The monoisotopic (exact) mass is 140 g/mol. The molecule has 2 nitrogen and oxygen atoms in total. The van der Waals surface area contributed by atoms with Crippen LogP contribution in [0.1, 0.15) is 32.3 Å². The van der Waals surface area contributed by atoms with E-state index < -0.39 is 0 Å². The lowest BCUT2D eigenvalue weighted by Crippen LogP contribution is -1.84. The van der Waals surface area contributed by atoms with Gasteiger partial charge in [-0.3, -0.25) is 0 Å². The Balaban J connectivity index is 0.000000810. The highest BCUT2D eigenvalue weighted by Gasteiger charge is 1.92. The number of imidazole rings is 1. The molecule has 1 heterocycles. The van der Waals surface area contributed by atoms with Crippen molar-refractivity contribution in [3.8, 4) is 0 Å². The topological polar surface area (TPSA) is 28.7 Å². The molecule has 0 saturated heterocycles. The first-order valence-corrected chi connectivity index (χ1v) is 3.33. The van der Waals surface area contributed by atoms with Crippen LogP contribution in [0.2, 0.25) is 0 Å². The van der Waals surface area contributed by atoms with E-state index in [0.717, 1.165) is 24.4 Å². The maximum absolute atomic E-state index is 4.15. The van der Waals surface area contributed by atoms with Crippen LogP contribution in [0.15, 0.2) is 6.20 Å². The Morgan fingerprint density at radius 1 is 1.60 bits per heavy atom. The van der Waals surface area contributed by atoms with E-state index in [-0.39, 0.29) is 7.43 Å². The van der Waals surface area contributed by atoms with Crippen molar-refractivity contribution in [1.82, 2.24) is 9.97 Å². The van der Waals surface area contributed by atoms with Gasteiger partial charge in [-0.15, -0.1) is 0 Å². The highest BCUT2D eigenvalue weighted by atomic mass is 14.9. The van der Waals surface area contributed by atoms with Gasteiger partial charge >= 0.3 is 0 Å². The van der Waals surface area contributed by atoms with Crippen LogP contribution in [0.4, 0.5) is 0 Å². The van der Waals surface area contributed by atoms with Gasteiger partial charge in [0.2, 0.25) is 0 Å². The van der Waals surface area contributed by atoms with Gasteiger partial charge in [0.25, 0.3) is 0 Å². The van der Waals surface area contributed by atoms with Crippen molar-refractivity contribution in [2.45, 2.75) is 34.1 Å². The van der Waals surface area contributed by atoms with Gasteiger partial charge in [0.15, 0.2) is 0 Å². The van der Waals surface area contributed by atoms with E-state index in [1.54, 1.807) is 0 Å². The first-order valence-electron chi connectivity index (χ1n) is 3.33. The number of nitrogens with one attached hydrogen (secondary N) is 1. The maximum atomic E-state index is 4.15. The lowest BCUT2D eigenvalue weighted by molar-refractivity contribution is 0.854. The van der Waals surface area contributed by atoms with Gasteiger partial charge in [0, 0.05) is 18.3 Å². The van der Waals surface area contributed by atoms with Crippen molar-refractivity contribution >= 4 is 0 Å². The Kier molecular flexibility index (Phi) is 3.77. The lowest BCUT2D eigenvalue weighted by Gasteiger charge is -1.87. The molecule has 0 radical (unpaired) electrons. The van der Waals surface area contributed by atoms with Gasteiger partial charge in [0.05, 0.1) is 0 Å². The quantitative estimate of drug-likeness (QED) is 0.671. The molecule has 0 bridgehead atoms. The van der Waals surface area contributed by atoms with Gasteiger partial charge in [-0.2, -0.15) is 0 Å². The van der Waals surface area contributed by atoms with E-state index in [0.29, 0.717) is 0 Å². The number of nitrogens with zero attached hydrogens (tertiary/aromatic N) is 1. The minimum atomic E-state index is 0. The average molecular weight is 140 g/mol. The zero-order valence-corrected chi connectivity index (χ0v) is 5.94. The summed E-state index contributed by atoms with van der Waals surface area (Å²) in [6.07, 6.45) is 4.09. The number of aryl methyl sites for hydroxylation is 2. The second kappa shape index (κ2) is 4.09. The molecule has 0 saturated carbocycles. The fraction of sp³-hybridized carbons (Fsp3) is 0.625. The Morgan fingerprint density at radius 3 is 2.70 bits per heavy atom. The number of H-pyrrole nitrogens is 1. The number of aromatic amines is 1. The smallest absolute Gasteiger partial charge is 0.106 e. The predicted molar refractivity (Wildman–Crippen MR) is 44.1 cm³/mol. The molecule has 0 amide bonds.